The standard InChI is InChI=1S/C16H11NO3/c18-15-11-6-2-1-5-10(11)9-12(16(19)20)14(15)13-7-3-4-8-17-13/h1-9,18H,(H,19,20). The van der Waals surface area contributed by atoms with Gasteiger partial charge in [-0.2, -0.15) is 0 Å². The van der Waals surface area contributed by atoms with E-state index < -0.39 is 5.97 Å². The summed E-state index contributed by atoms with van der Waals surface area (Å²) in [7, 11) is 0. The first-order valence-electron chi connectivity index (χ1n) is 6.08. The highest BCUT2D eigenvalue weighted by Gasteiger charge is 2.19. The van der Waals surface area contributed by atoms with Gasteiger partial charge in [0.25, 0.3) is 0 Å². The maximum Gasteiger partial charge on any atom is 0.336 e. The molecule has 0 unspecified atom stereocenters. The van der Waals surface area contributed by atoms with Gasteiger partial charge in [0, 0.05) is 11.6 Å². The molecule has 20 heavy (non-hydrogen) atoms. The summed E-state index contributed by atoms with van der Waals surface area (Å²) >= 11 is 0. The first-order valence-corrected chi connectivity index (χ1v) is 6.08. The second-order valence-electron chi connectivity index (χ2n) is 4.39. The fourth-order valence-electron chi connectivity index (χ4n) is 2.27. The molecule has 0 fully saturated rings. The summed E-state index contributed by atoms with van der Waals surface area (Å²) in [5, 5.41) is 21.1. The largest absolute Gasteiger partial charge is 0.507 e. The highest BCUT2D eigenvalue weighted by molar-refractivity contribution is 6.05. The molecular weight excluding hydrogens is 254 g/mol. The summed E-state index contributed by atoms with van der Waals surface area (Å²) in [6.07, 6.45) is 1.57. The monoisotopic (exact) mass is 265 g/mol. The molecule has 0 saturated carbocycles. The Balaban J connectivity index is 2.42. The van der Waals surface area contributed by atoms with Crippen molar-refractivity contribution in [2.24, 2.45) is 0 Å². The lowest BCUT2D eigenvalue weighted by atomic mass is 9.97. The van der Waals surface area contributed by atoms with Gasteiger partial charge in [-0.3, -0.25) is 4.98 Å². The summed E-state index contributed by atoms with van der Waals surface area (Å²) in [5.74, 6) is -1.15. The van der Waals surface area contributed by atoms with Crippen molar-refractivity contribution in [3.63, 3.8) is 0 Å². The van der Waals surface area contributed by atoms with Crippen LogP contribution in [-0.4, -0.2) is 21.2 Å². The fourth-order valence-corrected chi connectivity index (χ4v) is 2.27. The van der Waals surface area contributed by atoms with E-state index in [4.69, 9.17) is 0 Å². The second-order valence-corrected chi connectivity index (χ2v) is 4.39. The Kier molecular flexibility index (Phi) is 2.84. The maximum absolute atomic E-state index is 11.5. The number of carbonyl (C=O) groups is 1. The molecule has 0 aliphatic rings. The van der Waals surface area contributed by atoms with Crippen molar-refractivity contribution < 1.29 is 15.0 Å². The van der Waals surface area contributed by atoms with Gasteiger partial charge in [0.2, 0.25) is 0 Å². The Labute approximate surface area is 115 Å². The normalized spacial score (nSPS) is 10.6. The van der Waals surface area contributed by atoms with Gasteiger partial charge in [0.1, 0.15) is 5.75 Å². The van der Waals surface area contributed by atoms with E-state index in [1.165, 1.54) is 0 Å². The minimum Gasteiger partial charge on any atom is -0.507 e. The third kappa shape index (κ3) is 1.87. The molecule has 3 rings (SSSR count). The number of aromatic hydroxyl groups is 1. The Hall–Kier alpha value is -2.88. The van der Waals surface area contributed by atoms with Gasteiger partial charge in [-0.1, -0.05) is 30.3 Å². The minimum absolute atomic E-state index is 0.0416. The number of hydrogen-bond donors (Lipinski definition) is 2. The number of phenolic OH excluding ortho intramolecular Hbond substituents is 1. The van der Waals surface area contributed by atoms with Crippen molar-refractivity contribution in [3.8, 4) is 17.0 Å². The molecule has 2 N–H and O–H groups in total. The average molecular weight is 265 g/mol. The number of aromatic carboxylic acids is 1. The molecule has 0 radical (unpaired) electrons. The highest BCUT2D eigenvalue weighted by atomic mass is 16.4. The lowest BCUT2D eigenvalue weighted by molar-refractivity contribution is 0.0697. The van der Waals surface area contributed by atoms with E-state index in [0.717, 1.165) is 0 Å². The van der Waals surface area contributed by atoms with Crippen molar-refractivity contribution >= 4 is 16.7 Å². The van der Waals surface area contributed by atoms with E-state index in [-0.39, 0.29) is 16.9 Å². The Bertz CT molecular complexity index is 797. The number of phenols is 1. The number of carboxylic acid groups (broad SMARTS) is 1. The van der Waals surface area contributed by atoms with Gasteiger partial charge in [-0.25, -0.2) is 4.79 Å². The van der Waals surface area contributed by atoms with Crippen LogP contribution < -0.4 is 0 Å². The molecular formula is C16H11NO3. The zero-order valence-corrected chi connectivity index (χ0v) is 10.4. The van der Waals surface area contributed by atoms with Gasteiger partial charge in [0.05, 0.1) is 16.8 Å². The molecule has 0 spiro atoms. The van der Waals surface area contributed by atoms with Crippen LogP contribution in [0.5, 0.6) is 5.75 Å². The zero-order valence-electron chi connectivity index (χ0n) is 10.4. The molecule has 3 aromatic rings. The number of fused-ring (bicyclic) bond motifs is 1. The summed E-state index contributed by atoms with van der Waals surface area (Å²) in [6.45, 7) is 0. The number of hydrogen-bond acceptors (Lipinski definition) is 3. The third-order valence-electron chi connectivity index (χ3n) is 3.17. The van der Waals surface area contributed by atoms with Crippen molar-refractivity contribution in [2.45, 2.75) is 0 Å². The number of pyridine rings is 1. The Morgan fingerprint density at radius 1 is 1.05 bits per heavy atom. The van der Waals surface area contributed by atoms with E-state index in [1.54, 1.807) is 54.7 Å². The molecule has 2 aromatic carbocycles. The molecule has 0 bridgehead atoms. The summed E-state index contributed by atoms with van der Waals surface area (Å²) < 4.78 is 0. The van der Waals surface area contributed by atoms with Crippen LogP contribution in [0, 0.1) is 0 Å². The number of aromatic nitrogens is 1. The van der Waals surface area contributed by atoms with Gasteiger partial charge < -0.3 is 10.2 Å². The second kappa shape index (κ2) is 4.66. The van der Waals surface area contributed by atoms with Crippen LogP contribution >= 0.6 is 0 Å². The zero-order chi connectivity index (χ0) is 14.1. The highest BCUT2D eigenvalue weighted by Crippen LogP contribution is 2.38. The number of carboxylic acids is 1. The summed E-state index contributed by atoms with van der Waals surface area (Å²) in [5.41, 5.74) is 0.727. The van der Waals surface area contributed by atoms with E-state index >= 15 is 0 Å². The summed E-state index contributed by atoms with van der Waals surface area (Å²) in [4.78, 5) is 15.6. The number of benzene rings is 2. The number of rotatable bonds is 2. The molecule has 4 heteroatoms. The maximum atomic E-state index is 11.5. The van der Waals surface area contributed by atoms with Crippen molar-refractivity contribution in [1.29, 1.82) is 0 Å². The average Bonchev–Trinajstić information content (AvgIpc) is 2.48. The molecule has 0 saturated heterocycles. The lowest BCUT2D eigenvalue weighted by Gasteiger charge is -2.11. The van der Waals surface area contributed by atoms with Gasteiger partial charge >= 0.3 is 5.97 Å². The van der Waals surface area contributed by atoms with E-state index in [9.17, 15) is 15.0 Å². The molecule has 0 aliphatic heterocycles. The van der Waals surface area contributed by atoms with Crippen LogP contribution in [0.4, 0.5) is 0 Å². The van der Waals surface area contributed by atoms with E-state index in [2.05, 4.69) is 4.98 Å². The van der Waals surface area contributed by atoms with Gasteiger partial charge in [0.15, 0.2) is 0 Å². The predicted molar refractivity (Wildman–Crippen MR) is 75.8 cm³/mol. The smallest absolute Gasteiger partial charge is 0.336 e. The molecule has 1 aromatic heterocycles. The van der Waals surface area contributed by atoms with Crippen LogP contribution in [0.15, 0.2) is 54.7 Å². The molecule has 4 nitrogen and oxygen atoms in total. The van der Waals surface area contributed by atoms with Crippen LogP contribution in [0.25, 0.3) is 22.0 Å². The van der Waals surface area contributed by atoms with Crippen molar-refractivity contribution in [3.05, 3.63) is 60.3 Å². The molecule has 98 valence electrons. The summed E-state index contributed by atoms with van der Waals surface area (Å²) in [6, 6.07) is 13.8. The number of nitrogens with zero attached hydrogens (tertiary/aromatic N) is 1. The molecule has 0 aliphatic carbocycles. The minimum atomic E-state index is -1.09. The lowest BCUT2D eigenvalue weighted by Crippen LogP contribution is -2.01. The third-order valence-corrected chi connectivity index (χ3v) is 3.17. The van der Waals surface area contributed by atoms with Crippen LogP contribution in [0.2, 0.25) is 0 Å². The first kappa shape index (κ1) is 12.2. The van der Waals surface area contributed by atoms with Gasteiger partial charge in [-0.05, 0) is 23.6 Å². The van der Waals surface area contributed by atoms with E-state index in [1.807, 2.05) is 0 Å². The van der Waals surface area contributed by atoms with Crippen molar-refractivity contribution in [2.75, 3.05) is 0 Å². The van der Waals surface area contributed by atoms with Crippen LogP contribution in [0.3, 0.4) is 0 Å². The Morgan fingerprint density at radius 3 is 2.50 bits per heavy atom. The van der Waals surface area contributed by atoms with Crippen molar-refractivity contribution in [1.82, 2.24) is 4.98 Å². The SMILES string of the molecule is O=C(O)c1cc2ccccc2c(O)c1-c1ccccn1. The van der Waals surface area contributed by atoms with Gasteiger partial charge in [-0.15, -0.1) is 0 Å². The van der Waals surface area contributed by atoms with E-state index in [0.29, 0.717) is 16.5 Å². The molecule has 0 amide bonds. The Morgan fingerprint density at radius 2 is 1.80 bits per heavy atom. The van der Waals surface area contributed by atoms with Crippen LogP contribution in [-0.2, 0) is 0 Å². The quantitative estimate of drug-likeness (QED) is 0.745. The topological polar surface area (TPSA) is 70.4 Å². The first-order chi connectivity index (χ1) is 9.68. The predicted octanol–water partition coefficient (Wildman–Crippen LogP) is 3.31. The fraction of sp³-hybridized carbons (Fsp3) is 0. The molecule has 1 heterocycles. The molecule has 0 atom stereocenters. The van der Waals surface area contributed by atoms with Crippen LogP contribution in [0.1, 0.15) is 10.4 Å².